The molecular formula is C27H32N2O5. The number of Topliss-reactive ketones (excluding diaryl/α,β-unsaturated/α-hetero) is 1. The maximum absolute atomic E-state index is 13.3. The predicted octanol–water partition coefficient (Wildman–Crippen LogP) is 3.78. The van der Waals surface area contributed by atoms with Crippen LogP contribution in [-0.2, 0) is 16.0 Å². The van der Waals surface area contributed by atoms with Gasteiger partial charge in [-0.25, -0.2) is 0 Å². The topological polar surface area (TPSA) is 79.3 Å². The Morgan fingerprint density at radius 2 is 1.97 bits per heavy atom. The number of aliphatic hydroxyl groups is 1. The van der Waals surface area contributed by atoms with E-state index in [1.54, 1.807) is 11.0 Å². The lowest BCUT2D eigenvalue weighted by Gasteiger charge is -2.27. The third-order valence-corrected chi connectivity index (χ3v) is 6.23. The predicted molar refractivity (Wildman–Crippen MR) is 130 cm³/mol. The summed E-state index contributed by atoms with van der Waals surface area (Å²) < 4.78 is 11.6. The maximum Gasteiger partial charge on any atom is 0.295 e. The Hall–Kier alpha value is -3.32. The molecule has 0 saturated carbocycles. The van der Waals surface area contributed by atoms with Crippen LogP contribution in [0.2, 0.25) is 0 Å². The molecule has 2 aromatic rings. The Kier molecular flexibility index (Phi) is 6.93. The van der Waals surface area contributed by atoms with Crippen molar-refractivity contribution in [2.75, 3.05) is 33.8 Å². The molecular weight excluding hydrogens is 432 g/mol. The number of aliphatic hydroxyl groups excluding tert-OH is 1. The number of amides is 1. The van der Waals surface area contributed by atoms with E-state index in [1.165, 1.54) is 0 Å². The minimum atomic E-state index is -0.728. The van der Waals surface area contributed by atoms with E-state index in [9.17, 15) is 14.7 Å². The number of benzene rings is 2. The molecule has 2 unspecified atom stereocenters. The smallest absolute Gasteiger partial charge is 0.295 e. The van der Waals surface area contributed by atoms with Gasteiger partial charge in [-0.1, -0.05) is 18.2 Å². The number of carbonyl (C=O) groups excluding carboxylic acids is 2. The van der Waals surface area contributed by atoms with E-state index in [0.717, 1.165) is 24.3 Å². The van der Waals surface area contributed by atoms with Crippen LogP contribution in [0.15, 0.2) is 48.0 Å². The van der Waals surface area contributed by atoms with Gasteiger partial charge >= 0.3 is 0 Å². The summed E-state index contributed by atoms with van der Waals surface area (Å²) in [5.74, 6) is -0.0753. The lowest BCUT2D eigenvalue weighted by molar-refractivity contribution is -0.140. The summed E-state index contributed by atoms with van der Waals surface area (Å²) in [6, 6.07) is 12.0. The summed E-state index contributed by atoms with van der Waals surface area (Å²) >= 11 is 0. The van der Waals surface area contributed by atoms with E-state index in [-0.39, 0.29) is 17.4 Å². The Balaban J connectivity index is 1.82. The van der Waals surface area contributed by atoms with Crippen LogP contribution in [-0.4, -0.2) is 66.5 Å². The number of rotatable bonds is 8. The van der Waals surface area contributed by atoms with Gasteiger partial charge in [-0.15, -0.1) is 0 Å². The summed E-state index contributed by atoms with van der Waals surface area (Å²) in [6.45, 7) is 5.48. The second-order valence-electron chi connectivity index (χ2n) is 9.08. The number of ether oxygens (including phenoxy) is 2. The lowest BCUT2D eigenvalue weighted by atomic mass is 9.94. The zero-order valence-electron chi connectivity index (χ0n) is 20.2. The van der Waals surface area contributed by atoms with Crippen molar-refractivity contribution >= 4 is 17.4 Å². The van der Waals surface area contributed by atoms with Crippen LogP contribution in [0.25, 0.3) is 5.76 Å². The van der Waals surface area contributed by atoms with Crippen LogP contribution in [0.5, 0.6) is 11.5 Å². The molecule has 7 heteroatoms. The molecule has 1 amide bonds. The summed E-state index contributed by atoms with van der Waals surface area (Å²) in [7, 11) is 3.93. The number of likely N-dealkylation sites (tertiary alicyclic amines) is 1. The van der Waals surface area contributed by atoms with Crippen molar-refractivity contribution in [2.24, 2.45) is 0 Å². The number of nitrogens with zero attached hydrogens (tertiary/aromatic N) is 2. The molecule has 0 bridgehead atoms. The molecule has 4 rings (SSSR count). The van der Waals surface area contributed by atoms with Crippen LogP contribution in [0, 0.1) is 0 Å². The summed E-state index contributed by atoms with van der Waals surface area (Å²) in [5.41, 5.74) is 2.26. The molecule has 2 aromatic carbocycles. The molecule has 0 aromatic heterocycles. The fraction of sp³-hybridized carbons (Fsp3) is 0.407. The van der Waals surface area contributed by atoms with E-state index >= 15 is 0 Å². The Bertz CT molecular complexity index is 1120. The lowest BCUT2D eigenvalue weighted by Crippen LogP contribution is -2.32. The zero-order chi connectivity index (χ0) is 24.4. The van der Waals surface area contributed by atoms with Crippen molar-refractivity contribution in [3.05, 3.63) is 64.7 Å². The Morgan fingerprint density at radius 3 is 2.71 bits per heavy atom. The van der Waals surface area contributed by atoms with E-state index in [0.29, 0.717) is 36.4 Å². The third kappa shape index (κ3) is 4.53. The van der Waals surface area contributed by atoms with Crippen LogP contribution in [0.4, 0.5) is 0 Å². The first-order valence-corrected chi connectivity index (χ1v) is 11.8. The van der Waals surface area contributed by atoms with E-state index < -0.39 is 17.7 Å². The van der Waals surface area contributed by atoms with Gasteiger partial charge in [0.1, 0.15) is 23.4 Å². The number of fused-ring (bicyclic) bond motifs is 1. The van der Waals surface area contributed by atoms with Crippen LogP contribution in [0.3, 0.4) is 0 Å². The number of para-hydroxylation sites is 1. The fourth-order valence-electron chi connectivity index (χ4n) is 4.71. The first-order chi connectivity index (χ1) is 16.3. The van der Waals surface area contributed by atoms with E-state index in [1.807, 2.05) is 69.2 Å². The highest BCUT2D eigenvalue weighted by Crippen LogP contribution is 2.43. The zero-order valence-corrected chi connectivity index (χ0v) is 20.2. The van der Waals surface area contributed by atoms with Gasteiger partial charge < -0.3 is 24.4 Å². The van der Waals surface area contributed by atoms with Crippen LogP contribution >= 0.6 is 0 Å². The van der Waals surface area contributed by atoms with Gasteiger partial charge in [0, 0.05) is 24.1 Å². The second-order valence-corrected chi connectivity index (χ2v) is 9.08. The average Bonchev–Trinajstić information content (AvgIpc) is 3.30. The molecule has 0 radical (unpaired) electrons. The number of carbonyl (C=O) groups is 2. The van der Waals surface area contributed by atoms with Crippen LogP contribution in [0.1, 0.15) is 43.0 Å². The molecule has 0 aliphatic carbocycles. The summed E-state index contributed by atoms with van der Waals surface area (Å²) in [4.78, 5) is 30.0. The molecule has 34 heavy (non-hydrogen) atoms. The quantitative estimate of drug-likeness (QED) is 0.364. The highest BCUT2D eigenvalue weighted by atomic mass is 16.5. The van der Waals surface area contributed by atoms with Gasteiger partial charge in [-0.3, -0.25) is 9.59 Å². The molecule has 7 nitrogen and oxygen atoms in total. The van der Waals surface area contributed by atoms with Crippen LogP contribution < -0.4 is 9.47 Å². The van der Waals surface area contributed by atoms with Gasteiger partial charge in [-0.05, 0) is 70.7 Å². The van der Waals surface area contributed by atoms with Crippen molar-refractivity contribution in [1.29, 1.82) is 0 Å². The molecule has 2 aliphatic rings. The standard InChI is InChI=1S/C27H32N2O5/c1-5-33-22-10-7-6-9-20(22)24-23(26(31)27(32)29(24)14-8-13-28(3)4)25(30)18-11-12-21-19(16-18)15-17(2)34-21/h6-7,9-12,16-17,24,30H,5,8,13-15H2,1-4H3. The van der Waals surface area contributed by atoms with Crippen molar-refractivity contribution in [3.8, 4) is 11.5 Å². The third-order valence-electron chi connectivity index (χ3n) is 6.23. The number of hydrogen-bond donors (Lipinski definition) is 1. The summed E-state index contributed by atoms with van der Waals surface area (Å²) in [6.07, 6.45) is 1.49. The van der Waals surface area contributed by atoms with E-state index in [4.69, 9.17) is 9.47 Å². The van der Waals surface area contributed by atoms with Gasteiger partial charge in [0.15, 0.2) is 0 Å². The van der Waals surface area contributed by atoms with Crippen molar-refractivity contribution < 1.29 is 24.2 Å². The van der Waals surface area contributed by atoms with Gasteiger partial charge in [-0.2, -0.15) is 0 Å². The number of hydrogen-bond acceptors (Lipinski definition) is 6. The maximum atomic E-state index is 13.3. The average molecular weight is 465 g/mol. The van der Waals surface area contributed by atoms with Crippen molar-refractivity contribution in [1.82, 2.24) is 9.80 Å². The SMILES string of the molecule is CCOc1ccccc1C1C(=C(O)c2ccc3c(c2)CC(C)O3)C(=O)C(=O)N1CCCN(C)C. The number of ketones is 1. The van der Waals surface area contributed by atoms with E-state index in [2.05, 4.69) is 0 Å². The highest BCUT2D eigenvalue weighted by molar-refractivity contribution is 6.46. The molecule has 2 heterocycles. The first kappa shape index (κ1) is 23.8. The highest BCUT2D eigenvalue weighted by Gasteiger charge is 2.46. The van der Waals surface area contributed by atoms with Crippen molar-refractivity contribution in [3.63, 3.8) is 0 Å². The second kappa shape index (κ2) is 9.89. The first-order valence-electron chi connectivity index (χ1n) is 11.8. The minimum Gasteiger partial charge on any atom is -0.507 e. The van der Waals surface area contributed by atoms with Gasteiger partial charge in [0.25, 0.3) is 11.7 Å². The molecule has 1 saturated heterocycles. The largest absolute Gasteiger partial charge is 0.507 e. The Morgan fingerprint density at radius 1 is 1.21 bits per heavy atom. The van der Waals surface area contributed by atoms with Crippen molar-refractivity contribution in [2.45, 2.75) is 38.8 Å². The van der Waals surface area contributed by atoms with Gasteiger partial charge in [0.05, 0.1) is 18.2 Å². The normalized spacial score (nSPS) is 21.1. The fourth-order valence-corrected chi connectivity index (χ4v) is 4.71. The molecule has 1 N–H and O–H groups in total. The molecule has 2 aliphatic heterocycles. The molecule has 1 fully saturated rings. The monoisotopic (exact) mass is 464 g/mol. The Labute approximate surface area is 200 Å². The summed E-state index contributed by atoms with van der Waals surface area (Å²) in [5, 5.41) is 11.4. The minimum absolute atomic E-state index is 0.0627. The molecule has 0 spiro atoms. The molecule has 180 valence electrons. The molecule has 2 atom stereocenters. The van der Waals surface area contributed by atoms with Gasteiger partial charge in [0.2, 0.25) is 0 Å².